The molecule has 0 aromatic heterocycles. The summed E-state index contributed by atoms with van der Waals surface area (Å²) in [5, 5.41) is 3.05. The molecule has 0 fully saturated rings. The van der Waals surface area contributed by atoms with Gasteiger partial charge < -0.3 is 10.1 Å². The standard InChI is InChI=1S/C19H16ClNO4/c1-13(22)15-7-3-5-9-17(15)21-18(23)12-25-19(24)11-10-14-6-2-4-8-16(14)20/h2-11H,12H2,1H3,(H,21,23)/b11-10+. The minimum absolute atomic E-state index is 0.171. The smallest absolute Gasteiger partial charge is 0.331 e. The van der Waals surface area contributed by atoms with Crippen LogP contribution in [0.4, 0.5) is 5.69 Å². The van der Waals surface area contributed by atoms with E-state index < -0.39 is 18.5 Å². The van der Waals surface area contributed by atoms with Gasteiger partial charge in [-0.05, 0) is 36.8 Å². The normalized spacial score (nSPS) is 10.5. The van der Waals surface area contributed by atoms with Crippen LogP contribution in [0.1, 0.15) is 22.8 Å². The highest BCUT2D eigenvalue weighted by molar-refractivity contribution is 6.32. The van der Waals surface area contributed by atoms with E-state index in [2.05, 4.69) is 5.32 Å². The van der Waals surface area contributed by atoms with Crippen LogP contribution in [0, 0.1) is 0 Å². The van der Waals surface area contributed by atoms with Crippen LogP contribution in [0.15, 0.2) is 54.6 Å². The first kappa shape index (κ1) is 18.4. The van der Waals surface area contributed by atoms with Crippen LogP contribution in [0.3, 0.4) is 0 Å². The van der Waals surface area contributed by atoms with Gasteiger partial charge in [-0.1, -0.05) is 41.9 Å². The van der Waals surface area contributed by atoms with Crippen LogP contribution in [-0.4, -0.2) is 24.3 Å². The molecule has 2 rings (SSSR count). The number of para-hydroxylation sites is 1. The molecule has 25 heavy (non-hydrogen) atoms. The maximum absolute atomic E-state index is 11.9. The van der Waals surface area contributed by atoms with E-state index in [1.807, 2.05) is 0 Å². The quantitative estimate of drug-likeness (QED) is 0.485. The molecule has 0 saturated carbocycles. The number of carbonyl (C=O) groups excluding carboxylic acids is 3. The number of Topliss-reactive ketones (excluding diaryl/α,β-unsaturated/α-hetero) is 1. The van der Waals surface area contributed by atoms with Crippen LogP contribution in [0.5, 0.6) is 0 Å². The van der Waals surface area contributed by atoms with Crippen molar-refractivity contribution in [2.75, 3.05) is 11.9 Å². The Hall–Kier alpha value is -2.92. The van der Waals surface area contributed by atoms with Crippen molar-refractivity contribution >= 4 is 41.0 Å². The van der Waals surface area contributed by atoms with Gasteiger partial charge in [0.05, 0.1) is 5.69 Å². The second-order valence-electron chi connectivity index (χ2n) is 5.11. The third-order valence-corrected chi connectivity index (χ3v) is 3.57. The van der Waals surface area contributed by atoms with Crippen molar-refractivity contribution in [3.05, 3.63) is 70.8 Å². The van der Waals surface area contributed by atoms with Crippen LogP contribution < -0.4 is 5.32 Å². The minimum atomic E-state index is -0.671. The molecule has 0 radical (unpaired) electrons. The number of rotatable bonds is 6. The van der Waals surface area contributed by atoms with Crippen molar-refractivity contribution in [1.82, 2.24) is 0 Å². The summed E-state index contributed by atoms with van der Waals surface area (Å²) in [6.45, 7) is 0.947. The van der Waals surface area contributed by atoms with Gasteiger partial charge in [-0.15, -0.1) is 0 Å². The van der Waals surface area contributed by atoms with Crippen LogP contribution in [-0.2, 0) is 14.3 Å². The molecule has 0 aliphatic rings. The zero-order chi connectivity index (χ0) is 18.2. The second kappa shape index (κ2) is 8.80. The third-order valence-electron chi connectivity index (χ3n) is 3.23. The van der Waals surface area contributed by atoms with Gasteiger partial charge >= 0.3 is 5.97 Å². The van der Waals surface area contributed by atoms with Crippen LogP contribution >= 0.6 is 11.6 Å². The maximum Gasteiger partial charge on any atom is 0.331 e. The number of ketones is 1. The Morgan fingerprint density at radius 3 is 2.48 bits per heavy atom. The fourth-order valence-corrected chi connectivity index (χ4v) is 2.24. The molecule has 0 heterocycles. The molecule has 128 valence electrons. The minimum Gasteiger partial charge on any atom is -0.452 e. The lowest BCUT2D eigenvalue weighted by Gasteiger charge is -2.08. The zero-order valence-electron chi connectivity index (χ0n) is 13.5. The highest BCUT2D eigenvalue weighted by atomic mass is 35.5. The molecule has 0 spiro atoms. The van der Waals surface area contributed by atoms with Crippen molar-refractivity contribution in [2.24, 2.45) is 0 Å². The van der Waals surface area contributed by atoms with Gasteiger partial charge in [0.25, 0.3) is 5.91 Å². The molecule has 0 bridgehead atoms. The Morgan fingerprint density at radius 2 is 1.76 bits per heavy atom. The molecule has 2 aromatic carbocycles. The SMILES string of the molecule is CC(=O)c1ccccc1NC(=O)COC(=O)/C=C/c1ccccc1Cl. The third kappa shape index (κ3) is 5.58. The van der Waals surface area contributed by atoms with E-state index >= 15 is 0 Å². The number of ether oxygens (including phenoxy) is 1. The van der Waals surface area contributed by atoms with Crippen molar-refractivity contribution < 1.29 is 19.1 Å². The monoisotopic (exact) mass is 357 g/mol. The predicted molar refractivity (Wildman–Crippen MR) is 96.5 cm³/mol. The Labute approximate surface area is 150 Å². The highest BCUT2D eigenvalue weighted by Crippen LogP contribution is 2.17. The molecule has 0 atom stereocenters. The number of anilines is 1. The molecule has 0 aliphatic carbocycles. The van der Waals surface area contributed by atoms with Crippen LogP contribution in [0.2, 0.25) is 5.02 Å². The van der Waals surface area contributed by atoms with Crippen LogP contribution in [0.25, 0.3) is 6.08 Å². The fourth-order valence-electron chi connectivity index (χ4n) is 2.04. The molecule has 1 amide bonds. The number of benzene rings is 2. The number of carbonyl (C=O) groups is 3. The average Bonchev–Trinajstić information content (AvgIpc) is 2.59. The topological polar surface area (TPSA) is 72.5 Å². The molecule has 0 aliphatic heterocycles. The van der Waals surface area contributed by atoms with E-state index in [4.69, 9.17) is 16.3 Å². The first-order chi connectivity index (χ1) is 12.0. The van der Waals surface area contributed by atoms with Crippen molar-refractivity contribution in [2.45, 2.75) is 6.92 Å². The lowest BCUT2D eigenvalue weighted by atomic mass is 10.1. The first-order valence-electron chi connectivity index (χ1n) is 7.46. The summed E-state index contributed by atoms with van der Waals surface area (Å²) in [7, 11) is 0. The van der Waals surface area contributed by atoms with Crippen molar-refractivity contribution in [3.8, 4) is 0 Å². The molecule has 6 heteroatoms. The van der Waals surface area contributed by atoms with E-state index in [1.165, 1.54) is 19.1 Å². The molecular weight excluding hydrogens is 342 g/mol. The fraction of sp³-hybridized carbons (Fsp3) is 0.105. The number of hydrogen-bond donors (Lipinski definition) is 1. The predicted octanol–water partition coefficient (Wildman–Crippen LogP) is 3.74. The molecule has 0 unspecified atom stereocenters. The molecule has 0 saturated heterocycles. The number of esters is 1. The Bertz CT molecular complexity index is 830. The Kier molecular flexibility index (Phi) is 6.48. The van der Waals surface area contributed by atoms with Crippen molar-refractivity contribution in [1.29, 1.82) is 0 Å². The zero-order valence-corrected chi connectivity index (χ0v) is 14.2. The lowest BCUT2D eigenvalue weighted by molar-refractivity contribution is -0.142. The number of nitrogens with one attached hydrogen (secondary N) is 1. The Balaban J connectivity index is 1.89. The summed E-state index contributed by atoms with van der Waals surface area (Å²) in [5.41, 5.74) is 1.43. The Morgan fingerprint density at radius 1 is 1.08 bits per heavy atom. The van der Waals surface area contributed by atoms with Gasteiger partial charge in [-0.25, -0.2) is 4.79 Å². The molecule has 5 nitrogen and oxygen atoms in total. The van der Waals surface area contributed by atoms with Gasteiger partial charge in [-0.3, -0.25) is 9.59 Å². The van der Waals surface area contributed by atoms with Crippen molar-refractivity contribution in [3.63, 3.8) is 0 Å². The highest BCUT2D eigenvalue weighted by Gasteiger charge is 2.10. The maximum atomic E-state index is 11.9. The van der Waals surface area contributed by atoms with E-state index in [-0.39, 0.29) is 5.78 Å². The molecule has 1 N–H and O–H groups in total. The van der Waals surface area contributed by atoms with E-state index in [9.17, 15) is 14.4 Å². The van der Waals surface area contributed by atoms with Gasteiger partial charge in [0, 0.05) is 16.7 Å². The van der Waals surface area contributed by atoms with Gasteiger partial charge in [0.2, 0.25) is 0 Å². The summed E-state index contributed by atoms with van der Waals surface area (Å²) in [6.07, 6.45) is 2.70. The summed E-state index contributed by atoms with van der Waals surface area (Å²) >= 11 is 5.97. The van der Waals surface area contributed by atoms with Gasteiger partial charge in [0.15, 0.2) is 12.4 Å². The van der Waals surface area contributed by atoms with E-state index in [0.29, 0.717) is 21.8 Å². The number of hydrogen-bond acceptors (Lipinski definition) is 4. The summed E-state index contributed by atoms with van der Waals surface area (Å²) in [5.74, 6) is -1.38. The largest absolute Gasteiger partial charge is 0.452 e. The number of halogens is 1. The average molecular weight is 358 g/mol. The van der Waals surface area contributed by atoms with Gasteiger partial charge in [0.1, 0.15) is 0 Å². The first-order valence-corrected chi connectivity index (χ1v) is 7.84. The summed E-state index contributed by atoms with van der Waals surface area (Å²) in [4.78, 5) is 35.1. The lowest BCUT2D eigenvalue weighted by Crippen LogP contribution is -2.21. The molecule has 2 aromatic rings. The summed E-state index contributed by atoms with van der Waals surface area (Å²) < 4.78 is 4.87. The number of amides is 1. The summed E-state index contributed by atoms with van der Waals surface area (Å²) in [6, 6.07) is 13.6. The van der Waals surface area contributed by atoms with Gasteiger partial charge in [-0.2, -0.15) is 0 Å². The van der Waals surface area contributed by atoms with E-state index in [1.54, 1.807) is 48.5 Å². The molecular formula is C19H16ClNO4. The second-order valence-corrected chi connectivity index (χ2v) is 5.52. The van der Waals surface area contributed by atoms with E-state index in [0.717, 1.165) is 0 Å².